The predicted octanol–water partition coefficient (Wildman–Crippen LogP) is 1.80. The van der Waals surface area contributed by atoms with E-state index in [9.17, 15) is 0 Å². The van der Waals surface area contributed by atoms with E-state index in [1.54, 1.807) is 0 Å². The van der Waals surface area contributed by atoms with E-state index in [-0.39, 0.29) is 11.4 Å². The highest BCUT2D eigenvalue weighted by Crippen LogP contribution is 2.56. The van der Waals surface area contributed by atoms with Gasteiger partial charge in [-0.2, -0.15) is 0 Å². The quantitative estimate of drug-likeness (QED) is 0.818. The number of aliphatic hydroxyl groups is 1. The van der Waals surface area contributed by atoms with Crippen LogP contribution in [0.2, 0.25) is 0 Å². The topological polar surface area (TPSA) is 46.2 Å². The second-order valence-corrected chi connectivity index (χ2v) is 5.68. The Balaban J connectivity index is 2.12. The molecule has 0 saturated heterocycles. The Hall–Kier alpha value is -0.510. The van der Waals surface area contributed by atoms with E-state index in [2.05, 4.69) is 25.1 Å². The van der Waals surface area contributed by atoms with Crippen molar-refractivity contribution in [2.24, 2.45) is 11.7 Å². The zero-order valence-electron chi connectivity index (χ0n) is 8.94. The summed E-state index contributed by atoms with van der Waals surface area (Å²) in [5.41, 5.74) is 7.09. The van der Waals surface area contributed by atoms with Crippen LogP contribution in [0.4, 0.5) is 0 Å². The van der Waals surface area contributed by atoms with Gasteiger partial charge in [-0.1, -0.05) is 18.2 Å². The van der Waals surface area contributed by atoms with Gasteiger partial charge in [-0.05, 0) is 30.9 Å². The third-order valence-corrected chi connectivity index (χ3v) is 4.90. The summed E-state index contributed by atoms with van der Waals surface area (Å²) >= 11 is 1.83. The number of aliphatic hydroxyl groups excluding tert-OH is 1. The van der Waals surface area contributed by atoms with Gasteiger partial charge in [-0.15, -0.1) is 11.8 Å². The van der Waals surface area contributed by atoms with Crippen molar-refractivity contribution in [3.05, 3.63) is 29.8 Å². The van der Waals surface area contributed by atoms with Crippen LogP contribution in [-0.2, 0) is 0 Å². The zero-order valence-corrected chi connectivity index (χ0v) is 9.76. The van der Waals surface area contributed by atoms with Gasteiger partial charge in [0.05, 0.1) is 0 Å². The van der Waals surface area contributed by atoms with Crippen molar-refractivity contribution in [3.8, 4) is 0 Å². The van der Waals surface area contributed by atoms with Crippen molar-refractivity contribution in [1.29, 1.82) is 0 Å². The minimum absolute atomic E-state index is 0.0981. The first-order chi connectivity index (χ1) is 7.22. The van der Waals surface area contributed by atoms with Crippen molar-refractivity contribution in [3.63, 3.8) is 0 Å². The number of hydrogen-bond acceptors (Lipinski definition) is 3. The van der Waals surface area contributed by atoms with Crippen LogP contribution >= 0.6 is 11.8 Å². The number of hydrogen-bond donors (Lipinski definition) is 2. The van der Waals surface area contributed by atoms with Crippen molar-refractivity contribution in [2.45, 2.75) is 23.0 Å². The van der Waals surface area contributed by atoms with E-state index < -0.39 is 0 Å². The number of aryl methyl sites for hydroxylation is 1. The largest absolute Gasteiger partial charge is 0.396 e. The lowest BCUT2D eigenvalue weighted by Crippen LogP contribution is -2.22. The molecule has 2 atom stereocenters. The van der Waals surface area contributed by atoms with E-state index >= 15 is 0 Å². The number of rotatable bonds is 4. The summed E-state index contributed by atoms with van der Waals surface area (Å²) in [5, 5.41) is 9.15. The normalized spacial score (nSPS) is 29.1. The van der Waals surface area contributed by atoms with Gasteiger partial charge in [0, 0.05) is 22.8 Å². The van der Waals surface area contributed by atoms with Crippen LogP contribution in [0.15, 0.2) is 29.2 Å². The lowest BCUT2D eigenvalue weighted by atomic mass is 10.2. The second kappa shape index (κ2) is 4.16. The molecular formula is C12H17NOS. The van der Waals surface area contributed by atoms with Gasteiger partial charge in [0.2, 0.25) is 0 Å². The third kappa shape index (κ3) is 2.05. The number of nitrogens with two attached hydrogens (primary N) is 1. The van der Waals surface area contributed by atoms with Crippen LogP contribution in [0, 0.1) is 12.8 Å². The van der Waals surface area contributed by atoms with Crippen molar-refractivity contribution < 1.29 is 5.11 Å². The Morgan fingerprint density at radius 1 is 1.53 bits per heavy atom. The Bertz CT molecular complexity index is 355. The molecule has 3 heteroatoms. The van der Waals surface area contributed by atoms with Gasteiger partial charge in [0.25, 0.3) is 0 Å². The molecule has 1 aliphatic rings. The van der Waals surface area contributed by atoms with Crippen LogP contribution in [-0.4, -0.2) is 23.0 Å². The first kappa shape index (κ1) is 11.0. The molecule has 0 heterocycles. The molecule has 2 rings (SSSR count). The molecule has 3 N–H and O–H groups in total. The van der Waals surface area contributed by atoms with Gasteiger partial charge < -0.3 is 10.8 Å². The third-order valence-electron chi connectivity index (χ3n) is 3.15. The van der Waals surface area contributed by atoms with Gasteiger partial charge in [-0.3, -0.25) is 0 Å². The van der Waals surface area contributed by atoms with E-state index in [0.29, 0.717) is 12.5 Å². The van der Waals surface area contributed by atoms with Gasteiger partial charge in [0.1, 0.15) is 0 Å². The maximum atomic E-state index is 9.15. The molecule has 1 fully saturated rings. The second-order valence-electron chi connectivity index (χ2n) is 4.22. The summed E-state index contributed by atoms with van der Waals surface area (Å²) in [5.74, 6) is 0.382. The molecule has 0 bridgehead atoms. The fourth-order valence-corrected chi connectivity index (χ4v) is 3.32. The van der Waals surface area contributed by atoms with Crippen LogP contribution in [0.3, 0.4) is 0 Å². The highest BCUT2D eigenvalue weighted by molar-refractivity contribution is 8.01. The van der Waals surface area contributed by atoms with Gasteiger partial charge >= 0.3 is 0 Å². The molecule has 2 unspecified atom stereocenters. The monoisotopic (exact) mass is 223 g/mol. The van der Waals surface area contributed by atoms with Crippen LogP contribution in [0.5, 0.6) is 0 Å². The van der Waals surface area contributed by atoms with Gasteiger partial charge in [-0.25, -0.2) is 0 Å². The Morgan fingerprint density at radius 2 is 2.27 bits per heavy atom. The molecule has 1 aliphatic carbocycles. The lowest BCUT2D eigenvalue weighted by Gasteiger charge is -2.15. The predicted molar refractivity (Wildman–Crippen MR) is 64.0 cm³/mol. The molecule has 0 radical (unpaired) electrons. The van der Waals surface area contributed by atoms with Crippen LogP contribution < -0.4 is 5.73 Å². The van der Waals surface area contributed by atoms with Crippen LogP contribution in [0.25, 0.3) is 0 Å². The number of benzene rings is 1. The Kier molecular flexibility index (Phi) is 3.05. The van der Waals surface area contributed by atoms with Crippen molar-refractivity contribution >= 4 is 11.8 Å². The fraction of sp³-hybridized carbons (Fsp3) is 0.500. The summed E-state index contributed by atoms with van der Waals surface area (Å²) in [4.78, 5) is 1.29. The SMILES string of the molecule is Cc1ccccc1SC1(CN)CC1CO. The smallest absolute Gasteiger partial charge is 0.0473 e. The molecule has 1 saturated carbocycles. The highest BCUT2D eigenvalue weighted by atomic mass is 32.2. The molecular weight excluding hydrogens is 206 g/mol. The summed E-state index contributed by atoms with van der Waals surface area (Å²) in [7, 11) is 0. The summed E-state index contributed by atoms with van der Waals surface area (Å²) in [6.07, 6.45) is 1.04. The maximum absolute atomic E-state index is 9.15. The molecule has 1 aromatic carbocycles. The highest BCUT2D eigenvalue weighted by Gasteiger charge is 2.53. The number of thioether (sulfide) groups is 1. The standard InChI is InChI=1S/C12H17NOS/c1-9-4-2-3-5-11(9)15-12(8-13)6-10(12)7-14/h2-5,10,14H,6-8,13H2,1H3. The lowest BCUT2D eigenvalue weighted by molar-refractivity contribution is 0.272. The maximum Gasteiger partial charge on any atom is 0.0473 e. The van der Waals surface area contributed by atoms with Crippen molar-refractivity contribution in [2.75, 3.05) is 13.2 Å². The molecule has 0 aliphatic heterocycles. The molecule has 0 aromatic heterocycles. The van der Waals surface area contributed by atoms with E-state index in [4.69, 9.17) is 10.8 Å². The molecule has 0 spiro atoms. The summed E-state index contributed by atoms with van der Waals surface area (Å²) in [6.45, 7) is 3.02. The molecule has 15 heavy (non-hydrogen) atoms. The minimum Gasteiger partial charge on any atom is -0.396 e. The minimum atomic E-state index is 0.0981. The molecule has 1 aromatic rings. The zero-order chi connectivity index (χ0) is 10.9. The van der Waals surface area contributed by atoms with E-state index in [0.717, 1.165) is 6.42 Å². The summed E-state index contributed by atoms with van der Waals surface area (Å²) < 4.78 is 0.0981. The van der Waals surface area contributed by atoms with E-state index in [1.165, 1.54) is 10.5 Å². The first-order valence-corrected chi connectivity index (χ1v) is 6.09. The Morgan fingerprint density at radius 3 is 2.80 bits per heavy atom. The average Bonchev–Trinajstić information content (AvgIpc) is 2.96. The fourth-order valence-electron chi connectivity index (χ4n) is 1.90. The first-order valence-electron chi connectivity index (χ1n) is 5.27. The average molecular weight is 223 g/mol. The Labute approximate surface area is 94.9 Å². The van der Waals surface area contributed by atoms with E-state index in [1.807, 2.05) is 17.8 Å². The van der Waals surface area contributed by atoms with Gasteiger partial charge in [0.15, 0.2) is 0 Å². The molecule has 0 amide bonds. The molecule has 82 valence electrons. The molecule has 2 nitrogen and oxygen atoms in total. The summed E-state index contributed by atoms with van der Waals surface area (Å²) in [6, 6.07) is 8.34. The van der Waals surface area contributed by atoms with Crippen LogP contribution in [0.1, 0.15) is 12.0 Å². The van der Waals surface area contributed by atoms with Crippen molar-refractivity contribution in [1.82, 2.24) is 0 Å².